The molecule has 0 aliphatic carbocycles. The molecule has 1 aliphatic rings. The molecular weight excluding hydrogens is 554 g/mol. The highest BCUT2D eigenvalue weighted by atomic mass is 19.3. The Balaban J connectivity index is 1.71. The van der Waals surface area contributed by atoms with Gasteiger partial charge < -0.3 is 30.5 Å². The molecule has 11 nitrogen and oxygen atoms in total. The van der Waals surface area contributed by atoms with Crippen LogP contribution in [0.5, 0.6) is 0 Å². The fraction of sp³-hybridized carbons (Fsp3) is 0.448. The standard InChI is InChI=1S/C29H36F2N4O7/c30-29(31)42-19-24(27(38)33-23(28(39)40)17-21-9-5-2-6-10-21)34-26(37)22(12-11-20-7-3-1-4-8-20)32-25(36)18-35-13-15-41-16-14-35/h1-10,22-24,29H,11-19H2,(H,32,36)(H,33,38)(H,34,37)(H,39,40)/t22-,23-,24-/m0/s1. The summed E-state index contributed by atoms with van der Waals surface area (Å²) in [7, 11) is 0. The van der Waals surface area contributed by atoms with Crippen LogP contribution >= 0.6 is 0 Å². The Labute approximate surface area is 242 Å². The average molecular weight is 591 g/mol. The molecule has 3 amide bonds. The monoisotopic (exact) mass is 590 g/mol. The number of alkyl halides is 2. The molecule has 0 unspecified atom stereocenters. The van der Waals surface area contributed by atoms with E-state index >= 15 is 0 Å². The third-order valence-corrected chi connectivity index (χ3v) is 6.61. The lowest BCUT2D eigenvalue weighted by Crippen LogP contribution is -2.58. The number of carbonyl (C=O) groups is 4. The molecule has 0 spiro atoms. The van der Waals surface area contributed by atoms with Crippen LogP contribution in [0.1, 0.15) is 17.5 Å². The maximum Gasteiger partial charge on any atom is 0.345 e. The fourth-order valence-corrected chi connectivity index (χ4v) is 4.37. The van der Waals surface area contributed by atoms with Gasteiger partial charge in [-0.3, -0.25) is 19.3 Å². The molecule has 2 aromatic rings. The minimum absolute atomic E-state index is 0.0245. The number of hydrogen-bond donors (Lipinski definition) is 4. The number of carboxylic acid groups (broad SMARTS) is 1. The molecule has 13 heteroatoms. The number of carboxylic acids is 1. The van der Waals surface area contributed by atoms with Crippen molar-refractivity contribution in [2.75, 3.05) is 39.5 Å². The predicted molar refractivity (Wildman–Crippen MR) is 148 cm³/mol. The van der Waals surface area contributed by atoms with Crippen molar-refractivity contribution >= 4 is 23.7 Å². The first-order chi connectivity index (χ1) is 20.2. The summed E-state index contributed by atoms with van der Waals surface area (Å²) < 4.78 is 35.4. The zero-order valence-electron chi connectivity index (χ0n) is 23.0. The van der Waals surface area contributed by atoms with Gasteiger partial charge in [-0.15, -0.1) is 0 Å². The number of carbonyl (C=O) groups excluding carboxylic acids is 3. The van der Waals surface area contributed by atoms with Crippen molar-refractivity contribution in [3.8, 4) is 0 Å². The summed E-state index contributed by atoms with van der Waals surface area (Å²) in [4.78, 5) is 53.0. The molecule has 1 aliphatic heterocycles. The fourth-order valence-electron chi connectivity index (χ4n) is 4.37. The normalized spacial score (nSPS) is 15.8. The predicted octanol–water partition coefficient (Wildman–Crippen LogP) is 0.972. The van der Waals surface area contributed by atoms with Gasteiger partial charge in [0.1, 0.15) is 18.1 Å². The number of benzene rings is 2. The Morgan fingerprint density at radius 3 is 2.00 bits per heavy atom. The topological polar surface area (TPSA) is 146 Å². The van der Waals surface area contributed by atoms with Gasteiger partial charge in [-0.05, 0) is 24.0 Å². The highest BCUT2D eigenvalue weighted by Gasteiger charge is 2.31. The van der Waals surface area contributed by atoms with Crippen molar-refractivity contribution in [1.29, 1.82) is 0 Å². The van der Waals surface area contributed by atoms with E-state index in [1.807, 2.05) is 35.2 Å². The summed E-state index contributed by atoms with van der Waals surface area (Å²) in [6.45, 7) is -2.07. The first-order valence-electron chi connectivity index (χ1n) is 13.6. The van der Waals surface area contributed by atoms with Gasteiger partial charge in [-0.1, -0.05) is 60.7 Å². The smallest absolute Gasteiger partial charge is 0.345 e. The van der Waals surface area contributed by atoms with E-state index in [1.54, 1.807) is 30.3 Å². The number of rotatable bonds is 16. The lowest BCUT2D eigenvalue weighted by molar-refractivity contribution is -0.150. The Kier molecular flexibility index (Phi) is 13.3. The van der Waals surface area contributed by atoms with Gasteiger partial charge in [0, 0.05) is 19.5 Å². The summed E-state index contributed by atoms with van der Waals surface area (Å²) in [5.74, 6) is -3.59. The quantitative estimate of drug-likeness (QED) is 0.226. The van der Waals surface area contributed by atoms with E-state index < -0.39 is 55.0 Å². The van der Waals surface area contributed by atoms with Crippen LogP contribution in [0.25, 0.3) is 0 Å². The van der Waals surface area contributed by atoms with E-state index in [-0.39, 0.29) is 19.4 Å². The molecule has 1 heterocycles. The molecule has 3 rings (SSSR count). The number of morpholine rings is 1. The second kappa shape index (κ2) is 17.1. The summed E-state index contributed by atoms with van der Waals surface area (Å²) in [5.41, 5.74) is 1.52. The molecule has 1 saturated heterocycles. The van der Waals surface area contributed by atoms with Gasteiger partial charge >= 0.3 is 12.6 Å². The Morgan fingerprint density at radius 2 is 1.40 bits per heavy atom. The maximum absolute atomic E-state index is 13.4. The van der Waals surface area contributed by atoms with Crippen LogP contribution in [0.2, 0.25) is 0 Å². The molecule has 0 radical (unpaired) electrons. The van der Waals surface area contributed by atoms with Crippen LogP contribution < -0.4 is 16.0 Å². The highest BCUT2D eigenvalue weighted by Crippen LogP contribution is 2.08. The zero-order valence-corrected chi connectivity index (χ0v) is 23.0. The second-order valence-electron chi connectivity index (χ2n) is 9.78. The van der Waals surface area contributed by atoms with Gasteiger partial charge in [0.15, 0.2) is 0 Å². The molecule has 0 saturated carbocycles. The van der Waals surface area contributed by atoms with Crippen molar-refractivity contribution in [2.24, 2.45) is 0 Å². The Morgan fingerprint density at radius 1 is 0.833 bits per heavy atom. The zero-order chi connectivity index (χ0) is 30.3. The van der Waals surface area contributed by atoms with Crippen LogP contribution in [0.3, 0.4) is 0 Å². The first-order valence-corrected chi connectivity index (χ1v) is 13.6. The van der Waals surface area contributed by atoms with Crippen LogP contribution in [-0.4, -0.2) is 97.9 Å². The lowest BCUT2D eigenvalue weighted by Gasteiger charge is -2.27. The molecule has 0 bridgehead atoms. The number of nitrogens with one attached hydrogen (secondary N) is 3. The van der Waals surface area contributed by atoms with Crippen molar-refractivity contribution in [1.82, 2.24) is 20.9 Å². The molecule has 2 aromatic carbocycles. The molecule has 0 aromatic heterocycles. The van der Waals surface area contributed by atoms with E-state index in [1.165, 1.54) is 0 Å². The molecule has 4 N–H and O–H groups in total. The number of nitrogens with zero attached hydrogens (tertiary/aromatic N) is 1. The van der Waals surface area contributed by atoms with Crippen molar-refractivity contribution in [2.45, 2.75) is 44.0 Å². The highest BCUT2D eigenvalue weighted by molar-refractivity contribution is 5.93. The third kappa shape index (κ3) is 11.5. The number of ether oxygens (including phenoxy) is 2. The molecular formula is C29H36F2N4O7. The summed E-state index contributed by atoms with van der Waals surface area (Å²) in [6.07, 6.45) is 0.482. The summed E-state index contributed by atoms with van der Waals surface area (Å²) >= 11 is 0. The molecule has 228 valence electrons. The summed E-state index contributed by atoms with van der Waals surface area (Å²) in [6, 6.07) is 13.6. The second-order valence-corrected chi connectivity index (χ2v) is 9.78. The van der Waals surface area contributed by atoms with Gasteiger partial charge in [0.25, 0.3) is 0 Å². The minimum atomic E-state index is -3.24. The van der Waals surface area contributed by atoms with Gasteiger partial charge in [-0.2, -0.15) is 8.78 Å². The lowest BCUT2D eigenvalue weighted by atomic mass is 10.0. The van der Waals surface area contributed by atoms with E-state index in [0.29, 0.717) is 38.3 Å². The largest absolute Gasteiger partial charge is 0.480 e. The van der Waals surface area contributed by atoms with Crippen LogP contribution in [0, 0.1) is 0 Å². The SMILES string of the molecule is O=C(CN1CCOCC1)N[C@@H](CCc1ccccc1)C(=O)N[C@@H](COC(F)F)C(=O)N[C@@H](Cc1ccccc1)C(=O)O. The number of halogens is 2. The minimum Gasteiger partial charge on any atom is -0.480 e. The van der Waals surface area contributed by atoms with Crippen molar-refractivity contribution in [3.05, 3.63) is 71.8 Å². The van der Waals surface area contributed by atoms with E-state index in [0.717, 1.165) is 5.56 Å². The van der Waals surface area contributed by atoms with E-state index in [4.69, 9.17) is 4.74 Å². The maximum atomic E-state index is 13.4. The first kappa shape index (κ1) is 32.6. The van der Waals surface area contributed by atoms with Crippen LogP contribution in [0.4, 0.5) is 8.78 Å². The van der Waals surface area contributed by atoms with Crippen molar-refractivity contribution < 1.29 is 42.5 Å². The third-order valence-electron chi connectivity index (χ3n) is 6.61. The Hall–Kier alpha value is -3.94. The Bertz CT molecular complexity index is 1150. The number of aliphatic carboxylic acids is 1. The number of hydrogen-bond acceptors (Lipinski definition) is 7. The van der Waals surface area contributed by atoms with E-state index in [9.17, 15) is 33.1 Å². The summed E-state index contributed by atoms with van der Waals surface area (Å²) in [5, 5.41) is 17.0. The van der Waals surface area contributed by atoms with Gasteiger partial charge in [0.2, 0.25) is 17.7 Å². The molecule has 1 fully saturated rings. The van der Waals surface area contributed by atoms with Crippen molar-refractivity contribution in [3.63, 3.8) is 0 Å². The average Bonchev–Trinajstić information content (AvgIpc) is 2.98. The number of amides is 3. The van der Waals surface area contributed by atoms with Gasteiger partial charge in [0.05, 0.1) is 26.4 Å². The van der Waals surface area contributed by atoms with Gasteiger partial charge in [-0.25, -0.2) is 4.79 Å². The number of aryl methyl sites for hydroxylation is 1. The van der Waals surface area contributed by atoms with Crippen LogP contribution in [0.15, 0.2) is 60.7 Å². The molecule has 42 heavy (non-hydrogen) atoms. The van der Waals surface area contributed by atoms with E-state index in [2.05, 4.69) is 20.7 Å². The molecule has 3 atom stereocenters. The van der Waals surface area contributed by atoms with Crippen LogP contribution in [-0.2, 0) is 41.5 Å².